The summed E-state index contributed by atoms with van der Waals surface area (Å²) < 4.78 is 42.8. The van der Waals surface area contributed by atoms with Crippen LogP contribution in [0.3, 0.4) is 0 Å². The quantitative estimate of drug-likeness (QED) is 0.719. The first-order valence-electron chi connectivity index (χ1n) is 8.15. The smallest absolute Gasteiger partial charge is 0.416 e. The number of carbonyl (C=O) groups is 2. The molecule has 0 radical (unpaired) electrons. The highest BCUT2D eigenvalue weighted by Crippen LogP contribution is 2.29. The maximum absolute atomic E-state index is 12.8. The third-order valence-electron chi connectivity index (χ3n) is 3.97. The molecule has 5 nitrogen and oxygen atoms in total. The second kappa shape index (κ2) is 8.66. The van der Waals surface area contributed by atoms with E-state index in [2.05, 4.69) is 9.72 Å². The van der Waals surface area contributed by atoms with Gasteiger partial charge in [0.25, 0.3) is 5.91 Å². The number of methoxy groups -OCH3 is 1. The van der Waals surface area contributed by atoms with Crippen molar-refractivity contribution in [3.8, 4) is 0 Å². The summed E-state index contributed by atoms with van der Waals surface area (Å²) in [6.07, 6.45) is -1.34. The number of benzene rings is 1. The molecule has 1 aromatic heterocycles. The van der Waals surface area contributed by atoms with Gasteiger partial charge in [0, 0.05) is 31.0 Å². The Hall–Kier alpha value is -2.90. The van der Waals surface area contributed by atoms with Crippen LogP contribution in [0.4, 0.5) is 13.2 Å². The first-order chi connectivity index (χ1) is 12.7. The minimum Gasteiger partial charge on any atom is -0.469 e. The highest BCUT2D eigenvalue weighted by atomic mass is 19.4. The fourth-order valence-corrected chi connectivity index (χ4v) is 2.52. The molecule has 0 spiro atoms. The fourth-order valence-electron chi connectivity index (χ4n) is 2.52. The second-order valence-electron chi connectivity index (χ2n) is 6.04. The van der Waals surface area contributed by atoms with Crippen molar-refractivity contribution >= 4 is 11.9 Å². The van der Waals surface area contributed by atoms with Gasteiger partial charge in [-0.05, 0) is 42.0 Å². The molecule has 1 unspecified atom stereocenters. The zero-order valence-corrected chi connectivity index (χ0v) is 14.9. The molecule has 1 amide bonds. The maximum Gasteiger partial charge on any atom is 0.416 e. The van der Waals surface area contributed by atoms with Gasteiger partial charge in [0.15, 0.2) is 0 Å². The van der Waals surface area contributed by atoms with Crippen molar-refractivity contribution in [3.05, 3.63) is 65.5 Å². The zero-order chi connectivity index (χ0) is 20.0. The molecule has 0 saturated heterocycles. The summed E-state index contributed by atoms with van der Waals surface area (Å²) in [5.74, 6) is -1.54. The number of rotatable bonds is 6. The van der Waals surface area contributed by atoms with Gasteiger partial charge in [-0.2, -0.15) is 13.2 Å². The first-order valence-corrected chi connectivity index (χ1v) is 8.15. The van der Waals surface area contributed by atoms with Crippen LogP contribution in [0.25, 0.3) is 0 Å². The number of nitrogens with zero attached hydrogens (tertiary/aromatic N) is 2. The number of aromatic nitrogens is 1. The topological polar surface area (TPSA) is 59.5 Å². The average Bonchev–Trinajstić information content (AvgIpc) is 2.66. The molecule has 0 bridgehead atoms. The molecule has 0 aliphatic carbocycles. The third kappa shape index (κ3) is 5.54. The number of pyridine rings is 1. The lowest BCUT2D eigenvalue weighted by atomic mass is 10.1. The van der Waals surface area contributed by atoms with Crippen molar-refractivity contribution in [2.75, 3.05) is 13.7 Å². The Morgan fingerprint density at radius 3 is 2.22 bits per heavy atom. The van der Waals surface area contributed by atoms with Crippen LogP contribution in [0.15, 0.2) is 48.8 Å². The van der Waals surface area contributed by atoms with Gasteiger partial charge in [-0.15, -0.1) is 0 Å². The van der Waals surface area contributed by atoms with Crippen molar-refractivity contribution in [3.63, 3.8) is 0 Å². The molecule has 0 saturated carbocycles. The van der Waals surface area contributed by atoms with Crippen molar-refractivity contribution in [2.45, 2.75) is 19.6 Å². The molecular formula is C19H19F3N2O3. The van der Waals surface area contributed by atoms with Crippen LogP contribution in [0.5, 0.6) is 0 Å². The molecule has 144 valence electrons. The van der Waals surface area contributed by atoms with Crippen LogP contribution >= 0.6 is 0 Å². The van der Waals surface area contributed by atoms with E-state index in [1.807, 2.05) is 0 Å². The van der Waals surface area contributed by atoms with Gasteiger partial charge in [0.1, 0.15) is 0 Å². The molecule has 1 heterocycles. The van der Waals surface area contributed by atoms with E-state index in [-0.39, 0.29) is 18.7 Å². The van der Waals surface area contributed by atoms with Gasteiger partial charge in [0.05, 0.1) is 18.6 Å². The highest BCUT2D eigenvalue weighted by molar-refractivity contribution is 5.94. The molecule has 0 aliphatic rings. The van der Waals surface area contributed by atoms with E-state index in [4.69, 9.17) is 0 Å². The van der Waals surface area contributed by atoms with E-state index in [1.54, 1.807) is 31.5 Å². The van der Waals surface area contributed by atoms with Crippen molar-refractivity contribution in [1.82, 2.24) is 9.88 Å². The number of halogens is 3. The zero-order valence-electron chi connectivity index (χ0n) is 14.9. The SMILES string of the molecule is COC(=O)C(C)CN(Cc1ccncc1)C(=O)c1ccc(C(F)(F)F)cc1. The number of hydrogen-bond acceptors (Lipinski definition) is 4. The summed E-state index contributed by atoms with van der Waals surface area (Å²) in [7, 11) is 1.25. The molecule has 8 heteroatoms. The van der Waals surface area contributed by atoms with Crippen molar-refractivity contribution < 1.29 is 27.5 Å². The van der Waals surface area contributed by atoms with E-state index in [1.165, 1.54) is 12.0 Å². The average molecular weight is 380 g/mol. The van der Waals surface area contributed by atoms with Crippen LogP contribution in [-0.4, -0.2) is 35.4 Å². The van der Waals surface area contributed by atoms with Gasteiger partial charge >= 0.3 is 12.1 Å². The Balaban J connectivity index is 2.25. The van der Waals surface area contributed by atoms with Crippen LogP contribution in [0.2, 0.25) is 0 Å². The Morgan fingerprint density at radius 2 is 1.70 bits per heavy atom. The summed E-state index contributed by atoms with van der Waals surface area (Å²) in [6.45, 7) is 1.87. The summed E-state index contributed by atoms with van der Waals surface area (Å²) in [6, 6.07) is 7.43. The van der Waals surface area contributed by atoms with E-state index < -0.39 is 29.5 Å². The van der Waals surface area contributed by atoms with Gasteiger partial charge in [-0.25, -0.2) is 0 Å². The fraction of sp³-hybridized carbons (Fsp3) is 0.316. The number of carbonyl (C=O) groups excluding carboxylic acids is 2. The van der Waals surface area contributed by atoms with Gasteiger partial charge in [-0.3, -0.25) is 14.6 Å². The van der Waals surface area contributed by atoms with E-state index in [0.29, 0.717) is 0 Å². The van der Waals surface area contributed by atoms with Crippen LogP contribution < -0.4 is 0 Å². The number of esters is 1. The number of amides is 1. The maximum atomic E-state index is 12.8. The number of alkyl halides is 3. The summed E-state index contributed by atoms with van der Waals surface area (Å²) in [5, 5.41) is 0. The molecular weight excluding hydrogens is 361 g/mol. The minimum atomic E-state index is -4.47. The van der Waals surface area contributed by atoms with Crippen LogP contribution in [-0.2, 0) is 22.3 Å². The molecule has 0 aliphatic heterocycles. The monoisotopic (exact) mass is 380 g/mol. The lowest BCUT2D eigenvalue weighted by Crippen LogP contribution is -2.37. The van der Waals surface area contributed by atoms with E-state index in [9.17, 15) is 22.8 Å². The lowest BCUT2D eigenvalue weighted by molar-refractivity contribution is -0.145. The summed E-state index contributed by atoms with van der Waals surface area (Å²) in [4.78, 5) is 29.9. The van der Waals surface area contributed by atoms with Crippen LogP contribution in [0.1, 0.15) is 28.4 Å². The molecule has 2 aromatic rings. The number of hydrogen-bond donors (Lipinski definition) is 0. The standard InChI is InChI=1S/C19H19F3N2O3/c1-13(18(26)27-2)11-24(12-14-7-9-23-10-8-14)17(25)15-3-5-16(6-4-15)19(20,21)22/h3-10,13H,11-12H2,1-2H3. The number of ether oxygens (including phenoxy) is 1. The van der Waals surface area contributed by atoms with E-state index >= 15 is 0 Å². The van der Waals surface area contributed by atoms with Gasteiger partial charge in [-0.1, -0.05) is 6.92 Å². The normalized spacial score (nSPS) is 12.3. The first kappa shape index (κ1) is 20.4. The van der Waals surface area contributed by atoms with Gasteiger partial charge in [0.2, 0.25) is 0 Å². The summed E-state index contributed by atoms with van der Waals surface area (Å²) >= 11 is 0. The van der Waals surface area contributed by atoms with Crippen LogP contribution in [0, 0.1) is 5.92 Å². The van der Waals surface area contributed by atoms with E-state index in [0.717, 1.165) is 29.8 Å². The Morgan fingerprint density at radius 1 is 1.11 bits per heavy atom. The second-order valence-corrected chi connectivity index (χ2v) is 6.04. The molecule has 0 N–H and O–H groups in total. The molecule has 27 heavy (non-hydrogen) atoms. The van der Waals surface area contributed by atoms with Gasteiger partial charge < -0.3 is 9.64 Å². The Bertz CT molecular complexity index is 777. The Labute approximate surface area is 154 Å². The third-order valence-corrected chi connectivity index (χ3v) is 3.97. The molecule has 2 rings (SSSR count). The molecule has 0 fully saturated rings. The largest absolute Gasteiger partial charge is 0.469 e. The lowest BCUT2D eigenvalue weighted by Gasteiger charge is -2.25. The summed E-state index contributed by atoms with van der Waals surface area (Å²) in [5.41, 5.74) is 0.0547. The predicted octanol–water partition coefficient (Wildman–Crippen LogP) is 3.55. The predicted molar refractivity (Wildman–Crippen MR) is 91.6 cm³/mol. The van der Waals surface area contributed by atoms with Crippen molar-refractivity contribution in [1.29, 1.82) is 0 Å². The minimum absolute atomic E-state index is 0.0643. The Kier molecular flexibility index (Phi) is 6.55. The van der Waals surface area contributed by atoms with Crippen molar-refractivity contribution in [2.24, 2.45) is 5.92 Å². The molecule has 1 atom stereocenters. The highest BCUT2D eigenvalue weighted by Gasteiger charge is 2.30. The molecule has 1 aromatic carbocycles.